The molecule has 0 saturated heterocycles. The van der Waals surface area contributed by atoms with E-state index in [1.807, 2.05) is 55.5 Å². The summed E-state index contributed by atoms with van der Waals surface area (Å²) in [5.41, 5.74) is 2.81. The van der Waals surface area contributed by atoms with Crippen LogP contribution >= 0.6 is 0 Å². The van der Waals surface area contributed by atoms with Gasteiger partial charge in [-0.2, -0.15) is 0 Å². The van der Waals surface area contributed by atoms with Gasteiger partial charge in [0, 0.05) is 37.0 Å². The third-order valence-electron chi connectivity index (χ3n) is 4.83. The summed E-state index contributed by atoms with van der Waals surface area (Å²) in [6, 6.07) is 13.7. The van der Waals surface area contributed by atoms with Crippen LogP contribution in [0.4, 0.5) is 0 Å². The highest BCUT2D eigenvalue weighted by Gasteiger charge is 2.14. The van der Waals surface area contributed by atoms with Gasteiger partial charge in [-0.1, -0.05) is 31.2 Å². The predicted octanol–water partition coefficient (Wildman–Crippen LogP) is 4.44. The molecule has 2 heterocycles. The van der Waals surface area contributed by atoms with Gasteiger partial charge in [0.2, 0.25) is 5.91 Å². The number of aryl methyl sites for hydroxylation is 1. The van der Waals surface area contributed by atoms with E-state index >= 15 is 0 Å². The maximum Gasteiger partial charge on any atom is 0.246 e. The summed E-state index contributed by atoms with van der Waals surface area (Å²) in [5, 5.41) is 1.03. The van der Waals surface area contributed by atoms with Crippen LogP contribution in [0.2, 0.25) is 0 Å². The van der Waals surface area contributed by atoms with E-state index in [0.717, 1.165) is 45.8 Å². The molecule has 5 nitrogen and oxygen atoms in total. The molecule has 28 heavy (non-hydrogen) atoms. The van der Waals surface area contributed by atoms with Gasteiger partial charge in [-0.3, -0.25) is 4.79 Å². The monoisotopic (exact) mass is 377 g/mol. The minimum atomic E-state index is -0.0674. The van der Waals surface area contributed by atoms with Crippen LogP contribution < -0.4 is 9.47 Å². The van der Waals surface area contributed by atoms with Crippen molar-refractivity contribution in [3.8, 4) is 11.5 Å². The van der Waals surface area contributed by atoms with E-state index in [0.29, 0.717) is 19.8 Å². The second-order valence-electron chi connectivity index (χ2n) is 6.79. The number of fused-ring (bicyclic) bond motifs is 2. The van der Waals surface area contributed by atoms with Crippen LogP contribution in [0.3, 0.4) is 0 Å². The molecule has 0 unspecified atom stereocenters. The molecule has 5 heteroatoms. The van der Waals surface area contributed by atoms with Crippen LogP contribution in [0.25, 0.3) is 17.0 Å². The number of amides is 1. The maximum atomic E-state index is 12.6. The number of likely N-dealkylation sites (N-methyl/N-ethyl adjacent to an activating group) is 1. The summed E-state index contributed by atoms with van der Waals surface area (Å²) < 4.78 is 17.0. The van der Waals surface area contributed by atoms with Crippen molar-refractivity contribution in [3.63, 3.8) is 0 Å². The van der Waals surface area contributed by atoms with Gasteiger partial charge in [-0.05, 0) is 29.8 Å². The quantitative estimate of drug-likeness (QED) is 0.617. The Bertz CT molecular complexity index is 1030. The molecule has 1 amide bonds. The highest BCUT2D eigenvalue weighted by atomic mass is 16.6. The number of carbonyl (C=O) groups is 1. The number of carbonyl (C=O) groups excluding carboxylic acids is 1. The Labute approximate surface area is 164 Å². The Balaban J connectivity index is 1.49. The first-order valence-electron chi connectivity index (χ1n) is 9.48. The second kappa shape index (κ2) is 7.80. The lowest BCUT2D eigenvalue weighted by Gasteiger charge is -2.20. The molecule has 1 aromatic heterocycles. The van der Waals surface area contributed by atoms with Crippen LogP contribution in [-0.4, -0.2) is 31.1 Å². The third kappa shape index (κ3) is 3.60. The van der Waals surface area contributed by atoms with Crippen molar-refractivity contribution in [3.05, 3.63) is 65.4 Å². The number of hydrogen-bond donors (Lipinski definition) is 0. The lowest BCUT2D eigenvalue weighted by molar-refractivity contribution is -0.125. The summed E-state index contributed by atoms with van der Waals surface area (Å²) in [6.07, 6.45) is 4.23. The lowest BCUT2D eigenvalue weighted by atomic mass is 10.1. The largest absolute Gasteiger partial charge is 0.486 e. The van der Waals surface area contributed by atoms with Crippen LogP contribution in [-0.2, 0) is 17.8 Å². The Morgan fingerprint density at radius 3 is 2.71 bits per heavy atom. The Morgan fingerprint density at radius 2 is 1.89 bits per heavy atom. The van der Waals surface area contributed by atoms with Gasteiger partial charge >= 0.3 is 0 Å². The molecular weight excluding hydrogens is 354 g/mol. The number of hydrogen-bond acceptors (Lipinski definition) is 4. The zero-order valence-corrected chi connectivity index (χ0v) is 16.1. The average Bonchev–Trinajstić information content (AvgIpc) is 3.09. The first-order valence-corrected chi connectivity index (χ1v) is 9.48. The number of benzene rings is 2. The predicted molar refractivity (Wildman–Crippen MR) is 109 cm³/mol. The fraction of sp³-hybridized carbons (Fsp3) is 0.261. The van der Waals surface area contributed by atoms with Crippen molar-refractivity contribution in [1.29, 1.82) is 0 Å². The Kier molecular flexibility index (Phi) is 5.06. The number of furan rings is 1. The van der Waals surface area contributed by atoms with Crippen molar-refractivity contribution in [2.24, 2.45) is 0 Å². The summed E-state index contributed by atoms with van der Waals surface area (Å²) in [6.45, 7) is 3.65. The van der Waals surface area contributed by atoms with Gasteiger partial charge in [0.05, 0.1) is 0 Å². The summed E-state index contributed by atoms with van der Waals surface area (Å²) in [7, 11) is 1.79. The van der Waals surface area contributed by atoms with Crippen LogP contribution in [0.15, 0.2) is 53.0 Å². The normalized spacial score (nSPS) is 13.2. The van der Waals surface area contributed by atoms with Crippen molar-refractivity contribution in [2.45, 2.75) is 19.9 Å². The Hall–Kier alpha value is -3.21. The zero-order chi connectivity index (χ0) is 19.5. The summed E-state index contributed by atoms with van der Waals surface area (Å²) >= 11 is 0. The van der Waals surface area contributed by atoms with E-state index in [-0.39, 0.29) is 5.91 Å². The smallest absolute Gasteiger partial charge is 0.246 e. The van der Waals surface area contributed by atoms with E-state index in [2.05, 4.69) is 0 Å². The SMILES string of the molecule is CCc1oc2ccccc2c1/C=C/C(=O)N(C)Cc1ccc2c(c1)OCCO2. The molecule has 1 aliphatic rings. The molecule has 0 spiro atoms. The molecular formula is C23H23NO4. The zero-order valence-electron chi connectivity index (χ0n) is 16.1. The van der Waals surface area contributed by atoms with Gasteiger partial charge < -0.3 is 18.8 Å². The molecule has 1 aliphatic heterocycles. The molecule has 2 aromatic carbocycles. The number of para-hydroxylation sites is 1. The first kappa shape index (κ1) is 18.2. The molecule has 0 N–H and O–H groups in total. The minimum Gasteiger partial charge on any atom is -0.486 e. The van der Waals surface area contributed by atoms with Crippen LogP contribution in [0.1, 0.15) is 23.8 Å². The number of rotatable bonds is 5. The van der Waals surface area contributed by atoms with Gasteiger partial charge in [0.15, 0.2) is 11.5 Å². The molecule has 0 atom stereocenters. The Morgan fingerprint density at radius 1 is 1.11 bits per heavy atom. The number of nitrogens with zero attached hydrogens (tertiary/aromatic N) is 1. The lowest BCUT2D eigenvalue weighted by Crippen LogP contribution is -2.24. The standard InChI is InChI=1S/C23H23NO4/c1-3-19-18(17-6-4-5-7-20(17)28-19)9-11-23(25)24(2)15-16-8-10-21-22(14-16)27-13-12-26-21/h4-11,14H,3,12-13,15H2,1-2H3/b11-9+. The molecule has 0 bridgehead atoms. The molecule has 0 aliphatic carbocycles. The summed E-state index contributed by atoms with van der Waals surface area (Å²) in [4.78, 5) is 14.3. The van der Waals surface area contributed by atoms with Gasteiger partial charge in [-0.15, -0.1) is 0 Å². The van der Waals surface area contributed by atoms with E-state index in [1.54, 1.807) is 18.0 Å². The first-order chi connectivity index (χ1) is 13.7. The molecule has 144 valence electrons. The van der Waals surface area contributed by atoms with Gasteiger partial charge in [0.1, 0.15) is 24.6 Å². The third-order valence-corrected chi connectivity index (χ3v) is 4.83. The molecule has 3 aromatic rings. The fourth-order valence-electron chi connectivity index (χ4n) is 3.38. The molecule has 0 saturated carbocycles. The van der Waals surface area contributed by atoms with E-state index in [4.69, 9.17) is 13.9 Å². The second-order valence-corrected chi connectivity index (χ2v) is 6.79. The molecule has 0 fully saturated rings. The van der Waals surface area contributed by atoms with E-state index < -0.39 is 0 Å². The van der Waals surface area contributed by atoms with Crippen molar-refractivity contribution >= 4 is 23.0 Å². The molecule has 4 rings (SSSR count). The van der Waals surface area contributed by atoms with Crippen molar-refractivity contribution in [2.75, 3.05) is 20.3 Å². The fourth-order valence-corrected chi connectivity index (χ4v) is 3.38. The highest BCUT2D eigenvalue weighted by Crippen LogP contribution is 2.31. The highest BCUT2D eigenvalue weighted by molar-refractivity contribution is 5.96. The topological polar surface area (TPSA) is 51.9 Å². The maximum absolute atomic E-state index is 12.6. The van der Waals surface area contributed by atoms with Crippen LogP contribution in [0.5, 0.6) is 11.5 Å². The van der Waals surface area contributed by atoms with Crippen molar-refractivity contribution in [1.82, 2.24) is 4.90 Å². The van der Waals surface area contributed by atoms with E-state index in [9.17, 15) is 4.79 Å². The van der Waals surface area contributed by atoms with Gasteiger partial charge in [0.25, 0.3) is 0 Å². The number of ether oxygens (including phenoxy) is 2. The molecule has 0 radical (unpaired) electrons. The minimum absolute atomic E-state index is 0.0674. The van der Waals surface area contributed by atoms with E-state index in [1.165, 1.54) is 0 Å². The van der Waals surface area contributed by atoms with Gasteiger partial charge in [-0.25, -0.2) is 0 Å². The van der Waals surface area contributed by atoms with Crippen molar-refractivity contribution < 1.29 is 18.7 Å². The van der Waals surface area contributed by atoms with Crippen LogP contribution in [0, 0.1) is 0 Å². The average molecular weight is 377 g/mol. The summed E-state index contributed by atoms with van der Waals surface area (Å²) in [5.74, 6) is 2.31.